The van der Waals surface area contributed by atoms with Crippen molar-refractivity contribution in [3.63, 3.8) is 0 Å². The zero-order valence-electron chi connectivity index (χ0n) is 20.4. The summed E-state index contributed by atoms with van der Waals surface area (Å²) in [6.07, 6.45) is 3.29. The first-order chi connectivity index (χ1) is 17.4. The van der Waals surface area contributed by atoms with Crippen molar-refractivity contribution >= 4 is 23.2 Å². The van der Waals surface area contributed by atoms with Crippen LogP contribution in [0, 0.1) is 18.8 Å². The van der Waals surface area contributed by atoms with Crippen LogP contribution in [-0.4, -0.2) is 78.5 Å². The van der Waals surface area contributed by atoms with Gasteiger partial charge in [-0.1, -0.05) is 0 Å². The van der Waals surface area contributed by atoms with Gasteiger partial charge in [-0.3, -0.25) is 19.3 Å². The molecule has 0 spiro atoms. The number of carbonyl (C=O) groups excluding carboxylic acids is 3. The molecule has 3 aliphatic carbocycles. The van der Waals surface area contributed by atoms with E-state index >= 15 is 0 Å². The first-order valence-corrected chi connectivity index (χ1v) is 11.7. The molecule has 6 N–H and O–H groups in total. The predicted octanol–water partition coefficient (Wildman–Crippen LogP) is 0.729. The van der Waals surface area contributed by atoms with Crippen molar-refractivity contribution in [2.75, 3.05) is 14.1 Å². The average molecular weight is 507 g/mol. The van der Waals surface area contributed by atoms with Crippen molar-refractivity contribution in [3.8, 4) is 17.1 Å². The lowest BCUT2D eigenvalue weighted by Crippen LogP contribution is -2.65. The van der Waals surface area contributed by atoms with Crippen molar-refractivity contribution in [3.05, 3.63) is 58.1 Å². The summed E-state index contributed by atoms with van der Waals surface area (Å²) in [5, 5.41) is 44.8. The Balaban J connectivity index is 1.77. The van der Waals surface area contributed by atoms with Crippen LogP contribution in [0.5, 0.6) is 5.75 Å². The van der Waals surface area contributed by atoms with E-state index in [0.717, 1.165) is 0 Å². The molecule has 11 heteroatoms. The maximum atomic E-state index is 13.9. The number of likely N-dealkylation sites (N-methyl/N-ethyl adjacent to an activating group) is 1. The summed E-state index contributed by atoms with van der Waals surface area (Å²) in [7, 11) is 3.11. The molecule has 0 bridgehead atoms. The fraction of sp³-hybridized carbons (Fsp3) is 0.346. The number of aryl methyl sites for hydroxylation is 1. The fourth-order valence-electron chi connectivity index (χ4n) is 6.08. The molecule has 1 aromatic carbocycles. The van der Waals surface area contributed by atoms with Gasteiger partial charge in [-0.15, -0.1) is 0 Å². The second-order valence-electron chi connectivity index (χ2n) is 9.98. The summed E-state index contributed by atoms with van der Waals surface area (Å²) in [4.78, 5) is 49.2. The van der Waals surface area contributed by atoms with Crippen molar-refractivity contribution in [1.29, 1.82) is 0 Å². The first-order valence-electron chi connectivity index (χ1n) is 11.7. The highest BCUT2D eigenvalue weighted by Crippen LogP contribution is 2.53. The molecule has 2 aromatic rings. The normalized spacial score (nSPS) is 27.2. The quantitative estimate of drug-likeness (QED) is 0.371. The van der Waals surface area contributed by atoms with Crippen LogP contribution in [0.3, 0.4) is 0 Å². The Morgan fingerprint density at radius 3 is 2.41 bits per heavy atom. The van der Waals surface area contributed by atoms with Crippen LogP contribution >= 0.6 is 0 Å². The lowest BCUT2D eigenvalue weighted by atomic mass is 9.57. The summed E-state index contributed by atoms with van der Waals surface area (Å²) in [6, 6.07) is 2.21. The molecule has 4 atom stereocenters. The number of carbonyl (C=O) groups is 3. The van der Waals surface area contributed by atoms with E-state index < -0.39 is 58.0 Å². The van der Waals surface area contributed by atoms with Crippen LogP contribution in [0.1, 0.15) is 23.1 Å². The smallest absolute Gasteiger partial charge is 0.255 e. The highest BCUT2D eigenvalue weighted by atomic mass is 16.3. The second kappa shape index (κ2) is 8.22. The number of benzene rings is 1. The number of amides is 1. The van der Waals surface area contributed by atoms with Gasteiger partial charge in [-0.2, -0.15) is 0 Å². The maximum Gasteiger partial charge on any atom is 0.255 e. The standard InChI is InChI=1S/C26H26N4O7/c1-10-7-13(25-28-5-4-6-29-25)12-8-11-9-14-18(30(2)3)21(33)17(24(27)36)23(35)26(14,37)22(34)15(11)20(32)16(12)19(10)31/h4-7,11,14,18,31-32,35,37H,8-9H2,1-3H3,(H2,27,36)/t11-,14-,18-,26-/m0/s1. The number of fused-ring (bicyclic) bond motifs is 3. The second-order valence-corrected chi connectivity index (χ2v) is 9.98. The van der Waals surface area contributed by atoms with E-state index in [1.54, 1.807) is 45.5 Å². The third-order valence-corrected chi connectivity index (χ3v) is 7.72. The van der Waals surface area contributed by atoms with Crippen molar-refractivity contribution in [2.45, 2.75) is 31.4 Å². The predicted molar refractivity (Wildman–Crippen MR) is 130 cm³/mol. The number of nitrogens with zero attached hydrogens (tertiary/aromatic N) is 3. The number of primary amides is 1. The summed E-state index contributed by atoms with van der Waals surface area (Å²) >= 11 is 0. The topological polar surface area (TPSA) is 187 Å². The number of hydrogen-bond acceptors (Lipinski definition) is 10. The van der Waals surface area contributed by atoms with E-state index in [4.69, 9.17) is 5.73 Å². The summed E-state index contributed by atoms with van der Waals surface area (Å²) in [5.74, 6) is -6.48. The van der Waals surface area contributed by atoms with E-state index in [1.165, 1.54) is 4.90 Å². The van der Waals surface area contributed by atoms with E-state index in [9.17, 15) is 34.8 Å². The minimum atomic E-state index is -2.67. The van der Waals surface area contributed by atoms with Crippen LogP contribution < -0.4 is 5.73 Å². The van der Waals surface area contributed by atoms with Gasteiger partial charge in [0, 0.05) is 29.4 Å². The van der Waals surface area contributed by atoms with Gasteiger partial charge >= 0.3 is 0 Å². The largest absolute Gasteiger partial charge is 0.508 e. The Kier molecular flexibility index (Phi) is 5.46. The maximum absolute atomic E-state index is 13.9. The minimum absolute atomic E-state index is 0.00941. The molecule has 1 saturated carbocycles. The van der Waals surface area contributed by atoms with Gasteiger partial charge in [0.1, 0.15) is 22.8 Å². The molecule has 37 heavy (non-hydrogen) atoms. The average Bonchev–Trinajstić information content (AvgIpc) is 2.83. The van der Waals surface area contributed by atoms with E-state index in [0.29, 0.717) is 22.5 Å². The zero-order chi connectivity index (χ0) is 27.0. The van der Waals surface area contributed by atoms with Gasteiger partial charge < -0.3 is 26.2 Å². The summed E-state index contributed by atoms with van der Waals surface area (Å²) < 4.78 is 0. The fourth-order valence-corrected chi connectivity index (χ4v) is 6.08. The molecule has 1 heterocycles. The van der Waals surface area contributed by atoms with Gasteiger partial charge in [0.15, 0.2) is 17.2 Å². The molecule has 5 rings (SSSR count). The Morgan fingerprint density at radius 1 is 1.16 bits per heavy atom. The van der Waals surface area contributed by atoms with Crippen molar-refractivity contribution < 1.29 is 34.8 Å². The highest BCUT2D eigenvalue weighted by Gasteiger charge is 2.64. The number of aromatic nitrogens is 2. The van der Waals surface area contributed by atoms with Crippen molar-refractivity contribution in [1.82, 2.24) is 14.9 Å². The number of phenols is 1. The number of hydrogen-bond donors (Lipinski definition) is 5. The van der Waals surface area contributed by atoms with Crippen LogP contribution in [0.4, 0.5) is 0 Å². The molecule has 192 valence electrons. The highest BCUT2D eigenvalue weighted by molar-refractivity contribution is 6.24. The molecule has 0 unspecified atom stereocenters. The molecule has 1 amide bonds. The number of nitrogens with two attached hydrogens (primary N) is 1. The van der Waals surface area contributed by atoms with Gasteiger partial charge in [-0.25, -0.2) is 9.97 Å². The van der Waals surface area contributed by atoms with Crippen molar-refractivity contribution in [2.24, 2.45) is 17.6 Å². The number of phenolic OH excluding ortho intramolecular Hbond substituents is 1. The zero-order valence-corrected chi connectivity index (χ0v) is 20.4. The SMILES string of the molecule is Cc1cc(-c2ncccn2)c2c(c1O)C(O)=C1C(=O)[C@]3(O)C(O)=C(C(N)=O)C(=O)[C@@H](N(C)C)[C@@H]3C[C@@H]1C2. The van der Waals surface area contributed by atoms with E-state index in [1.807, 2.05) is 0 Å². The summed E-state index contributed by atoms with van der Waals surface area (Å²) in [6.45, 7) is 1.63. The Labute approximate surface area is 211 Å². The van der Waals surface area contributed by atoms with Gasteiger partial charge in [0.2, 0.25) is 5.78 Å². The molecule has 1 aromatic heterocycles. The molecule has 11 nitrogen and oxygen atoms in total. The van der Waals surface area contributed by atoms with Gasteiger partial charge in [0.05, 0.1) is 11.6 Å². The third kappa shape index (κ3) is 3.24. The van der Waals surface area contributed by atoms with E-state index in [2.05, 4.69) is 9.97 Å². The van der Waals surface area contributed by atoms with Crippen LogP contribution in [0.15, 0.2) is 41.4 Å². The Morgan fingerprint density at radius 2 is 1.81 bits per heavy atom. The molecule has 0 aliphatic heterocycles. The van der Waals surface area contributed by atoms with E-state index in [-0.39, 0.29) is 29.7 Å². The minimum Gasteiger partial charge on any atom is -0.508 e. The molecule has 1 fully saturated rings. The lowest BCUT2D eigenvalue weighted by molar-refractivity contribution is -0.153. The number of aromatic hydroxyl groups is 1. The molecule has 0 radical (unpaired) electrons. The number of ketones is 2. The molecular weight excluding hydrogens is 480 g/mol. The first kappa shape index (κ1) is 24.6. The number of aliphatic hydroxyl groups is 3. The third-order valence-electron chi connectivity index (χ3n) is 7.72. The van der Waals surface area contributed by atoms with Crippen LogP contribution in [-0.2, 0) is 20.8 Å². The Hall–Kier alpha value is -4.09. The summed E-state index contributed by atoms with van der Waals surface area (Å²) in [5.41, 5.74) is 3.12. The van der Waals surface area contributed by atoms with Crippen LogP contribution in [0.2, 0.25) is 0 Å². The molecule has 0 saturated heterocycles. The van der Waals surface area contributed by atoms with Gasteiger partial charge in [0.25, 0.3) is 5.91 Å². The van der Waals surface area contributed by atoms with Crippen LogP contribution in [0.25, 0.3) is 17.1 Å². The lowest BCUT2D eigenvalue weighted by Gasteiger charge is -2.50. The Bertz CT molecular complexity index is 1450. The van der Waals surface area contributed by atoms with Gasteiger partial charge in [-0.05, 0) is 63.0 Å². The number of aliphatic hydroxyl groups excluding tert-OH is 2. The number of rotatable bonds is 3. The monoisotopic (exact) mass is 506 g/mol. The number of Topliss-reactive ketones (excluding diaryl/α,β-unsaturated/α-hetero) is 2. The molecule has 3 aliphatic rings. The molecular formula is C26H26N4O7.